The third-order valence-electron chi connectivity index (χ3n) is 8.25. The van der Waals surface area contributed by atoms with Gasteiger partial charge in [-0.1, -0.05) is 0 Å². The molecule has 1 saturated carbocycles. The highest BCUT2D eigenvalue weighted by molar-refractivity contribution is 7.18. The molecule has 0 bridgehead atoms. The van der Waals surface area contributed by atoms with Gasteiger partial charge in [0.15, 0.2) is 0 Å². The Morgan fingerprint density at radius 1 is 1.19 bits per heavy atom. The average molecular weight is 608 g/mol. The number of hydrogen-bond donors (Lipinski definition) is 3. The molecule has 224 valence electrons. The molecule has 1 aromatic carbocycles. The van der Waals surface area contributed by atoms with Gasteiger partial charge in [-0.25, -0.2) is 9.97 Å². The summed E-state index contributed by atoms with van der Waals surface area (Å²) in [5.41, 5.74) is 10.9. The van der Waals surface area contributed by atoms with E-state index in [-0.39, 0.29) is 17.0 Å². The van der Waals surface area contributed by atoms with Crippen LogP contribution < -0.4 is 16.0 Å². The third-order valence-corrected chi connectivity index (χ3v) is 9.29. The van der Waals surface area contributed by atoms with Crippen LogP contribution >= 0.6 is 11.3 Å². The van der Waals surface area contributed by atoms with Gasteiger partial charge in [-0.3, -0.25) is 5.10 Å². The zero-order chi connectivity index (χ0) is 30.1. The molecule has 4 aromatic heterocycles. The minimum absolute atomic E-state index is 0.152. The second kappa shape index (κ2) is 11.9. The Balaban J connectivity index is 1.19. The van der Waals surface area contributed by atoms with Crippen molar-refractivity contribution in [2.45, 2.75) is 63.8 Å². The van der Waals surface area contributed by atoms with Gasteiger partial charge in [0.1, 0.15) is 28.7 Å². The van der Waals surface area contributed by atoms with Crippen molar-refractivity contribution in [2.75, 3.05) is 23.3 Å². The number of fused-ring (bicyclic) bond motifs is 2. The Kier molecular flexibility index (Phi) is 7.98. The lowest BCUT2D eigenvalue weighted by Crippen LogP contribution is -2.43. The molecular weight excluding hydrogens is 575 g/mol. The van der Waals surface area contributed by atoms with Crippen LogP contribution in [0.2, 0.25) is 0 Å². The predicted molar refractivity (Wildman–Crippen MR) is 162 cm³/mol. The molecule has 6 rings (SSSR count). The van der Waals surface area contributed by atoms with Gasteiger partial charge < -0.3 is 20.5 Å². The van der Waals surface area contributed by atoms with Crippen molar-refractivity contribution < 1.29 is 13.2 Å². The van der Waals surface area contributed by atoms with Gasteiger partial charge in [-0.05, 0) is 62.4 Å². The van der Waals surface area contributed by atoms with E-state index < -0.39 is 12.6 Å². The molecule has 0 aliphatic heterocycles. The van der Waals surface area contributed by atoms with Gasteiger partial charge in [0.05, 0.1) is 24.5 Å². The first-order valence-corrected chi connectivity index (χ1v) is 15.1. The van der Waals surface area contributed by atoms with Crippen LogP contribution in [0.3, 0.4) is 0 Å². The van der Waals surface area contributed by atoms with Crippen LogP contribution in [-0.2, 0) is 13.0 Å². The summed E-state index contributed by atoms with van der Waals surface area (Å²) in [6.07, 6.45) is 3.41. The van der Waals surface area contributed by atoms with Gasteiger partial charge in [0.25, 0.3) is 0 Å². The number of aromatic amines is 1. The number of nitrogens with zero attached hydrogens (tertiary/aromatic N) is 6. The van der Waals surface area contributed by atoms with Crippen molar-refractivity contribution in [1.82, 2.24) is 24.7 Å². The van der Waals surface area contributed by atoms with Crippen molar-refractivity contribution in [1.29, 1.82) is 5.26 Å². The lowest BCUT2D eigenvalue weighted by Gasteiger charge is -2.39. The van der Waals surface area contributed by atoms with E-state index >= 15 is 0 Å². The van der Waals surface area contributed by atoms with Crippen molar-refractivity contribution in [3.63, 3.8) is 0 Å². The Morgan fingerprint density at radius 2 is 2.00 bits per heavy atom. The van der Waals surface area contributed by atoms with Gasteiger partial charge >= 0.3 is 6.18 Å². The summed E-state index contributed by atoms with van der Waals surface area (Å²) < 4.78 is 40.9. The zero-order valence-corrected chi connectivity index (χ0v) is 24.5. The summed E-state index contributed by atoms with van der Waals surface area (Å²) in [5, 5.41) is 21.9. The van der Waals surface area contributed by atoms with Crippen LogP contribution in [0.25, 0.3) is 21.1 Å². The van der Waals surface area contributed by atoms with Crippen LogP contribution in [0.1, 0.15) is 47.4 Å². The smallest absolute Gasteiger partial charge is 0.367 e. The lowest BCUT2D eigenvalue weighted by atomic mass is 9.89. The maximum absolute atomic E-state index is 13.0. The molecule has 0 atom stereocenters. The molecule has 13 heteroatoms. The summed E-state index contributed by atoms with van der Waals surface area (Å²) in [4.78, 5) is 11.8. The fourth-order valence-corrected chi connectivity index (χ4v) is 7.28. The molecule has 0 amide bonds. The van der Waals surface area contributed by atoms with Crippen LogP contribution in [-0.4, -0.2) is 56.1 Å². The maximum Gasteiger partial charge on any atom is 0.393 e. The van der Waals surface area contributed by atoms with E-state index in [1.165, 1.54) is 6.33 Å². The number of halogens is 3. The number of H-pyrrole nitrogens is 1. The highest BCUT2D eigenvalue weighted by atomic mass is 32.1. The number of benzene rings is 1. The van der Waals surface area contributed by atoms with Gasteiger partial charge in [-0.15, -0.1) is 11.3 Å². The SMILES string of the molecule is Cc1c(N(CCN)C2CCC(Nc3ncnc4sc(CC(F)(F)F)cc34)CC2)ccc2c1cc(C#N)n2Cc1cn[nH]c1. The standard InChI is InChI=1S/C30H32F3N9S/c1-18-24-10-22(13-35)42(16-19-14-38-39-15-19)27(24)7-6-26(18)41(9-8-34)21-4-2-20(3-5-21)40-28-25-11-23(12-30(31,32)33)43-29(25)37-17-36-28/h6-7,10-11,14-15,17,20-21H,2-5,8-9,12,16,34H2,1H3,(H,38,39)(H,36,37,40). The number of nitrogens with two attached hydrogens (primary N) is 1. The fourth-order valence-electron chi connectivity index (χ4n) is 6.25. The quantitative estimate of drug-likeness (QED) is 0.191. The topological polar surface area (TPSA) is 124 Å². The monoisotopic (exact) mass is 607 g/mol. The Labute approximate surface area is 250 Å². The maximum atomic E-state index is 13.0. The molecule has 4 N–H and O–H groups in total. The lowest BCUT2D eigenvalue weighted by molar-refractivity contribution is -0.126. The first-order valence-electron chi connectivity index (χ1n) is 14.3. The molecular formula is C30H32F3N9S. The number of aryl methyl sites for hydroxylation is 1. The highest BCUT2D eigenvalue weighted by Crippen LogP contribution is 2.37. The molecule has 1 aliphatic carbocycles. The van der Waals surface area contributed by atoms with E-state index in [1.54, 1.807) is 12.3 Å². The number of rotatable bonds is 9. The van der Waals surface area contributed by atoms with E-state index in [4.69, 9.17) is 5.73 Å². The number of thiophene rings is 1. The van der Waals surface area contributed by atoms with Crippen LogP contribution in [0.15, 0.2) is 43.0 Å². The summed E-state index contributed by atoms with van der Waals surface area (Å²) in [7, 11) is 0. The first kappa shape index (κ1) is 28.9. The summed E-state index contributed by atoms with van der Waals surface area (Å²) >= 11 is 1.06. The van der Waals surface area contributed by atoms with E-state index in [9.17, 15) is 18.4 Å². The highest BCUT2D eigenvalue weighted by Gasteiger charge is 2.30. The number of anilines is 2. The summed E-state index contributed by atoms with van der Waals surface area (Å²) in [6, 6.07) is 10.5. The Morgan fingerprint density at radius 3 is 2.70 bits per heavy atom. The molecule has 1 fully saturated rings. The minimum Gasteiger partial charge on any atom is -0.367 e. The van der Waals surface area contributed by atoms with Crippen molar-refractivity contribution in [3.05, 3.63) is 64.7 Å². The molecule has 9 nitrogen and oxygen atoms in total. The van der Waals surface area contributed by atoms with Gasteiger partial charge in [0.2, 0.25) is 0 Å². The van der Waals surface area contributed by atoms with E-state index in [0.717, 1.165) is 64.7 Å². The molecule has 0 saturated heterocycles. The molecule has 1 aliphatic rings. The fraction of sp³-hybridized carbons (Fsp3) is 0.400. The van der Waals surface area contributed by atoms with Crippen LogP contribution in [0.5, 0.6) is 0 Å². The van der Waals surface area contributed by atoms with Crippen molar-refractivity contribution >= 4 is 44.0 Å². The normalized spacial score (nSPS) is 17.4. The second-order valence-electron chi connectivity index (χ2n) is 11.1. The second-order valence-corrected chi connectivity index (χ2v) is 12.2. The molecule has 43 heavy (non-hydrogen) atoms. The molecule has 0 spiro atoms. The van der Waals surface area contributed by atoms with Gasteiger partial charge in [-0.2, -0.15) is 23.5 Å². The van der Waals surface area contributed by atoms with E-state index in [0.29, 0.717) is 41.4 Å². The van der Waals surface area contributed by atoms with E-state index in [1.807, 2.05) is 16.8 Å². The van der Waals surface area contributed by atoms with Crippen molar-refractivity contribution in [2.24, 2.45) is 5.73 Å². The van der Waals surface area contributed by atoms with Crippen molar-refractivity contribution in [3.8, 4) is 6.07 Å². The number of aromatic nitrogens is 5. The summed E-state index contributed by atoms with van der Waals surface area (Å²) in [5.74, 6) is 0.589. The van der Waals surface area contributed by atoms with E-state index in [2.05, 4.69) is 55.5 Å². The van der Waals surface area contributed by atoms with Crippen LogP contribution in [0.4, 0.5) is 24.7 Å². The third kappa shape index (κ3) is 6.03. The number of alkyl halides is 3. The number of nitrogens with one attached hydrogen (secondary N) is 2. The molecule has 0 unspecified atom stereocenters. The van der Waals surface area contributed by atoms with Gasteiger partial charge in [0, 0.05) is 58.4 Å². The largest absolute Gasteiger partial charge is 0.393 e. The van der Waals surface area contributed by atoms with Crippen LogP contribution in [0, 0.1) is 18.3 Å². The Bertz CT molecular complexity index is 1760. The number of hydrogen-bond acceptors (Lipinski definition) is 8. The first-order chi connectivity index (χ1) is 20.7. The minimum atomic E-state index is -4.26. The zero-order valence-electron chi connectivity index (χ0n) is 23.7. The summed E-state index contributed by atoms with van der Waals surface area (Å²) in [6.45, 7) is 3.88. The molecule has 0 radical (unpaired) electrons. The molecule has 4 heterocycles. The predicted octanol–water partition coefficient (Wildman–Crippen LogP) is 5.89. The molecule has 5 aromatic rings. The average Bonchev–Trinajstić information content (AvgIpc) is 3.72. The number of nitriles is 1. The Hall–Kier alpha value is -4.15.